The van der Waals surface area contributed by atoms with E-state index in [0.717, 1.165) is 28.9 Å². The van der Waals surface area contributed by atoms with Gasteiger partial charge in [-0.3, -0.25) is 4.79 Å². The summed E-state index contributed by atoms with van der Waals surface area (Å²) >= 11 is 0. The van der Waals surface area contributed by atoms with Gasteiger partial charge in [-0.05, 0) is 35.7 Å². The summed E-state index contributed by atoms with van der Waals surface area (Å²) in [7, 11) is 0. The third-order valence-corrected chi connectivity index (χ3v) is 5.53. The zero-order valence-electron chi connectivity index (χ0n) is 18.1. The van der Waals surface area contributed by atoms with Gasteiger partial charge in [-0.25, -0.2) is 4.68 Å². The van der Waals surface area contributed by atoms with Crippen molar-refractivity contribution in [2.75, 3.05) is 5.32 Å². The molecule has 4 heteroatoms. The van der Waals surface area contributed by atoms with Crippen molar-refractivity contribution in [3.05, 3.63) is 138 Å². The first-order valence-corrected chi connectivity index (χ1v) is 10.9. The van der Waals surface area contributed by atoms with Crippen LogP contribution in [0.2, 0.25) is 0 Å². The number of aromatic nitrogens is 2. The van der Waals surface area contributed by atoms with Gasteiger partial charge in [0, 0.05) is 17.4 Å². The monoisotopic (exact) mass is 429 g/mol. The zero-order chi connectivity index (χ0) is 22.5. The predicted molar refractivity (Wildman–Crippen MR) is 133 cm³/mol. The number of para-hydroxylation sites is 2. The fraction of sp³-hybridized carbons (Fsp3) is 0.0345. The molecule has 4 aromatic carbocycles. The number of carbonyl (C=O) groups excluding carboxylic acids is 1. The summed E-state index contributed by atoms with van der Waals surface area (Å²) in [5.41, 5.74) is 6.04. The minimum atomic E-state index is -0.184. The molecule has 0 atom stereocenters. The molecule has 1 aromatic heterocycles. The SMILES string of the molecule is O=C(Nc1ccccc1Cc1ccccc1)c1cn(-c2ccccc2)nc1-c1ccccc1. The highest BCUT2D eigenvalue weighted by Crippen LogP contribution is 2.26. The van der Waals surface area contributed by atoms with E-state index in [1.54, 1.807) is 10.9 Å². The summed E-state index contributed by atoms with van der Waals surface area (Å²) in [6, 6.07) is 37.8. The topological polar surface area (TPSA) is 46.9 Å². The van der Waals surface area contributed by atoms with E-state index in [-0.39, 0.29) is 5.91 Å². The smallest absolute Gasteiger partial charge is 0.259 e. The first kappa shape index (κ1) is 20.5. The van der Waals surface area contributed by atoms with E-state index in [9.17, 15) is 4.79 Å². The van der Waals surface area contributed by atoms with Gasteiger partial charge in [0.05, 0.1) is 11.3 Å². The van der Waals surface area contributed by atoms with E-state index in [4.69, 9.17) is 5.10 Å². The van der Waals surface area contributed by atoms with Crippen LogP contribution in [0.4, 0.5) is 5.69 Å². The van der Waals surface area contributed by atoms with Crippen LogP contribution in [0.15, 0.2) is 121 Å². The molecule has 0 saturated heterocycles. The quantitative estimate of drug-likeness (QED) is 0.340. The van der Waals surface area contributed by atoms with Crippen molar-refractivity contribution in [1.29, 1.82) is 0 Å². The van der Waals surface area contributed by atoms with Crippen molar-refractivity contribution >= 4 is 11.6 Å². The Balaban J connectivity index is 1.50. The molecule has 0 saturated carbocycles. The molecule has 0 spiro atoms. The second-order valence-electron chi connectivity index (χ2n) is 7.81. The molecule has 160 valence electrons. The number of hydrogen-bond donors (Lipinski definition) is 1. The number of rotatable bonds is 6. The van der Waals surface area contributed by atoms with Crippen LogP contribution in [0.25, 0.3) is 16.9 Å². The lowest BCUT2D eigenvalue weighted by Gasteiger charge is -2.11. The summed E-state index contributed by atoms with van der Waals surface area (Å²) < 4.78 is 1.76. The Morgan fingerprint density at radius 3 is 2.06 bits per heavy atom. The number of nitrogens with zero attached hydrogens (tertiary/aromatic N) is 2. The maximum absolute atomic E-state index is 13.5. The number of nitrogens with one attached hydrogen (secondary N) is 1. The second-order valence-corrected chi connectivity index (χ2v) is 7.81. The maximum Gasteiger partial charge on any atom is 0.259 e. The molecule has 33 heavy (non-hydrogen) atoms. The van der Waals surface area contributed by atoms with E-state index in [1.165, 1.54) is 5.56 Å². The molecule has 5 rings (SSSR count). The van der Waals surface area contributed by atoms with Gasteiger partial charge < -0.3 is 5.32 Å². The van der Waals surface area contributed by atoms with Gasteiger partial charge in [0.15, 0.2) is 0 Å². The molecular formula is C29H23N3O. The average Bonchev–Trinajstić information content (AvgIpc) is 3.33. The van der Waals surface area contributed by atoms with E-state index >= 15 is 0 Å². The third kappa shape index (κ3) is 4.60. The Labute approximate surface area is 193 Å². The van der Waals surface area contributed by atoms with Gasteiger partial charge in [-0.15, -0.1) is 0 Å². The molecule has 0 aliphatic heterocycles. The normalized spacial score (nSPS) is 10.7. The highest BCUT2D eigenvalue weighted by atomic mass is 16.1. The van der Waals surface area contributed by atoms with Gasteiger partial charge in [-0.2, -0.15) is 5.10 Å². The van der Waals surface area contributed by atoms with E-state index in [2.05, 4.69) is 17.4 Å². The number of hydrogen-bond acceptors (Lipinski definition) is 2. The van der Waals surface area contributed by atoms with E-state index < -0.39 is 0 Å². The third-order valence-electron chi connectivity index (χ3n) is 5.53. The largest absolute Gasteiger partial charge is 0.322 e. The summed E-state index contributed by atoms with van der Waals surface area (Å²) in [5.74, 6) is -0.184. The molecule has 0 aliphatic rings. The van der Waals surface area contributed by atoms with Crippen LogP contribution < -0.4 is 5.32 Å². The number of anilines is 1. The average molecular weight is 430 g/mol. The molecule has 1 heterocycles. The van der Waals surface area contributed by atoms with Gasteiger partial charge in [0.2, 0.25) is 0 Å². The van der Waals surface area contributed by atoms with E-state index in [1.807, 2.05) is 103 Å². The van der Waals surface area contributed by atoms with Crippen LogP contribution in [0.3, 0.4) is 0 Å². The summed E-state index contributed by atoms with van der Waals surface area (Å²) in [6.07, 6.45) is 2.54. The Bertz CT molecular complexity index is 1360. The van der Waals surface area contributed by atoms with Crippen LogP contribution in [-0.2, 0) is 6.42 Å². The minimum absolute atomic E-state index is 0.184. The van der Waals surface area contributed by atoms with Crippen LogP contribution in [0.1, 0.15) is 21.5 Å². The standard InChI is InChI=1S/C29H23N3O/c33-29(30-27-19-11-10-16-24(27)20-22-12-4-1-5-13-22)26-21-32(25-17-8-3-9-18-25)31-28(26)23-14-6-2-7-15-23/h1-19,21H,20H2,(H,30,33). The van der Waals surface area contributed by atoms with Crippen molar-refractivity contribution < 1.29 is 4.79 Å². The maximum atomic E-state index is 13.5. The summed E-state index contributed by atoms with van der Waals surface area (Å²) in [6.45, 7) is 0. The molecule has 1 N–H and O–H groups in total. The Kier molecular flexibility index (Phi) is 5.81. The Morgan fingerprint density at radius 1 is 0.727 bits per heavy atom. The molecular weight excluding hydrogens is 406 g/mol. The number of amides is 1. The van der Waals surface area contributed by atoms with Crippen molar-refractivity contribution in [1.82, 2.24) is 9.78 Å². The molecule has 0 bridgehead atoms. The molecule has 0 fully saturated rings. The van der Waals surface area contributed by atoms with Crippen molar-refractivity contribution in [3.8, 4) is 16.9 Å². The molecule has 0 radical (unpaired) electrons. The first-order chi connectivity index (χ1) is 16.3. The Hall–Kier alpha value is -4.44. The lowest BCUT2D eigenvalue weighted by atomic mass is 10.0. The molecule has 0 unspecified atom stereocenters. The summed E-state index contributed by atoms with van der Waals surface area (Å²) in [5, 5.41) is 7.89. The second kappa shape index (κ2) is 9.37. The highest BCUT2D eigenvalue weighted by Gasteiger charge is 2.19. The van der Waals surface area contributed by atoms with Crippen LogP contribution in [-0.4, -0.2) is 15.7 Å². The minimum Gasteiger partial charge on any atom is -0.322 e. The molecule has 4 nitrogen and oxygen atoms in total. The van der Waals surface area contributed by atoms with Gasteiger partial charge >= 0.3 is 0 Å². The fourth-order valence-electron chi connectivity index (χ4n) is 3.86. The van der Waals surface area contributed by atoms with Crippen LogP contribution >= 0.6 is 0 Å². The zero-order valence-corrected chi connectivity index (χ0v) is 18.1. The Morgan fingerprint density at radius 2 is 1.33 bits per heavy atom. The fourth-order valence-corrected chi connectivity index (χ4v) is 3.86. The lowest BCUT2D eigenvalue weighted by Crippen LogP contribution is -2.14. The number of benzene rings is 4. The summed E-state index contributed by atoms with van der Waals surface area (Å²) in [4.78, 5) is 13.5. The lowest BCUT2D eigenvalue weighted by molar-refractivity contribution is 0.102. The van der Waals surface area contributed by atoms with Gasteiger partial charge in [0.25, 0.3) is 5.91 Å². The van der Waals surface area contributed by atoms with E-state index in [0.29, 0.717) is 11.3 Å². The van der Waals surface area contributed by atoms with Gasteiger partial charge in [0.1, 0.15) is 5.69 Å². The van der Waals surface area contributed by atoms with Crippen molar-refractivity contribution in [2.45, 2.75) is 6.42 Å². The van der Waals surface area contributed by atoms with Gasteiger partial charge in [-0.1, -0.05) is 97.1 Å². The first-order valence-electron chi connectivity index (χ1n) is 10.9. The van der Waals surface area contributed by atoms with Crippen LogP contribution in [0, 0.1) is 0 Å². The van der Waals surface area contributed by atoms with Crippen LogP contribution in [0.5, 0.6) is 0 Å². The highest BCUT2D eigenvalue weighted by molar-refractivity contribution is 6.08. The predicted octanol–water partition coefficient (Wildman–Crippen LogP) is 6.38. The molecule has 0 aliphatic carbocycles. The molecule has 5 aromatic rings. The van der Waals surface area contributed by atoms with Crippen molar-refractivity contribution in [3.63, 3.8) is 0 Å². The van der Waals surface area contributed by atoms with Crippen molar-refractivity contribution in [2.24, 2.45) is 0 Å². The molecule has 1 amide bonds. The number of carbonyl (C=O) groups is 1.